The molecule has 0 amide bonds. The number of nitrogens with zero attached hydrogens (tertiary/aromatic N) is 2. The third-order valence-corrected chi connectivity index (χ3v) is 3.03. The Morgan fingerprint density at radius 1 is 1.42 bits per heavy atom. The Morgan fingerprint density at radius 2 is 2.26 bits per heavy atom. The van der Waals surface area contributed by atoms with E-state index in [0.29, 0.717) is 11.7 Å². The molecule has 0 fully saturated rings. The second-order valence-corrected chi connectivity index (χ2v) is 4.80. The lowest BCUT2D eigenvalue weighted by atomic mass is 10.1. The maximum Gasteiger partial charge on any atom is 0.171 e. The largest absolute Gasteiger partial charge is 0.357 e. The molecule has 0 atom stereocenters. The summed E-state index contributed by atoms with van der Waals surface area (Å²) in [5.41, 5.74) is 3.27. The molecule has 1 heterocycles. The highest BCUT2D eigenvalue weighted by Crippen LogP contribution is 2.10. The minimum Gasteiger partial charge on any atom is -0.357 e. The Balaban J connectivity index is 1.86. The van der Waals surface area contributed by atoms with Gasteiger partial charge in [0.05, 0.1) is 18.6 Å². The highest BCUT2D eigenvalue weighted by atomic mass is 32.1. The fraction of sp³-hybridized carbons (Fsp3) is 0.286. The van der Waals surface area contributed by atoms with Crippen molar-refractivity contribution in [1.29, 1.82) is 0 Å². The van der Waals surface area contributed by atoms with Gasteiger partial charge in [-0.2, -0.15) is 0 Å². The fourth-order valence-electron chi connectivity index (χ4n) is 1.77. The molecule has 2 N–H and O–H groups in total. The summed E-state index contributed by atoms with van der Waals surface area (Å²) in [6.45, 7) is 2.76. The van der Waals surface area contributed by atoms with Crippen molar-refractivity contribution in [1.82, 2.24) is 14.9 Å². The summed E-state index contributed by atoms with van der Waals surface area (Å²) >= 11 is 5.26. The Labute approximate surface area is 118 Å². The van der Waals surface area contributed by atoms with Gasteiger partial charge in [-0.1, -0.05) is 19.1 Å². The number of rotatable bonds is 4. The molecule has 0 bridgehead atoms. The van der Waals surface area contributed by atoms with Gasteiger partial charge in [0.1, 0.15) is 0 Å². The average Bonchev–Trinajstić information content (AvgIpc) is 2.82. The molecular formula is C14H18N4S. The summed E-state index contributed by atoms with van der Waals surface area (Å²) in [5, 5.41) is 6.93. The maximum absolute atomic E-state index is 5.26. The summed E-state index contributed by atoms with van der Waals surface area (Å²) < 4.78 is 1.91. The molecule has 2 aromatic rings. The van der Waals surface area contributed by atoms with E-state index in [0.717, 1.165) is 17.8 Å². The van der Waals surface area contributed by atoms with Crippen LogP contribution in [0.25, 0.3) is 0 Å². The first-order valence-electron chi connectivity index (χ1n) is 6.28. The molecule has 0 saturated carbocycles. The molecule has 0 aliphatic carbocycles. The molecule has 19 heavy (non-hydrogen) atoms. The zero-order chi connectivity index (χ0) is 13.7. The molecule has 100 valence electrons. The van der Waals surface area contributed by atoms with Gasteiger partial charge >= 0.3 is 0 Å². The van der Waals surface area contributed by atoms with Crippen molar-refractivity contribution in [3.8, 4) is 0 Å². The molecule has 0 aliphatic heterocycles. The van der Waals surface area contributed by atoms with Crippen LogP contribution in [0.15, 0.2) is 36.8 Å². The van der Waals surface area contributed by atoms with E-state index in [4.69, 9.17) is 12.2 Å². The normalized spacial score (nSPS) is 10.2. The summed E-state index contributed by atoms with van der Waals surface area (Å²) in [5.74, 6) is 0. The number of hydrogen-bond acceptors (Lipinski definition) is 2. The first-order valence-corrected chi connectivity index (χ1v) is 6.69. The topological polar surface area (TPSA) is 41.9 Å². The smallest absolute Gasteiger partial charge is 0.171 e. The second-order valence-electron chi connectivity index (χ2n) is 4.39. The monoisotopic (exact) mass is 274 g/mol. The second kappa shape index (κ2) is 6.33. The number of hydrogen-bond donors (Lipinski definition) is 2. The van der Waals surface area contributed by atoms with Gasteiger partial charge in [-0.25, -0.2) is 4.98 Å². The number of benzene rings is 1. The van der Waals surface area contributed by atoms with Crippen molar-refractivity contribution in [2.24, 2.45) is 7.05 Å². The third-order valence-electron chi connectivity index (χ3n) is 2.78. The number of anilines is 1. The highest BCUT2D eigenvalue weighted by Gasteiger charge is 2.00. The first-order chi connectivity index (χ1) is 9.17. The lowest BCUT2D eigenvalue weighted by Gasteiger charge is -2.10. The van der Waals surface area contributed by atoms with Crippen molar-refractivity contribution in [2.45, 2.75) is 19.9 Å². The van der Waals surface area contributed by atoms with Gasteiger partial charge in [0.2, 0.25) is 0 Å². The zero-order valence-electron chi connectivity index (χ0n) is 11.2. The van der Waals surface area contributed by atoms with Crippen LogP contribution in [0.3, 0.4) is 0 Å². The fourth-order valence-corrected chi connectivity index (χ4v) is 1.96. The third kappa shape index (κ3) is 4.06. The van der Waals surface area contributed by atoms with Gasteiger partial charge < -0.3 is 15.2 Å². The number of aryl methyl sites for hydroxylation is 2. The molecular weight excluding hydrogens is 256 g/mol. The molecule has 0 unspecified atom stereocenters. The quantitative estimate of drug-likeness (QED) is 0.841. The Hall–Kier alpha value is -1.88. The zero-order valence-corrected chi connectivity index (χ0v) is 12.0. The van der Waals surface area contributed by atoms with Crippen LogP contribution in [0.2, 0.25) is 0 Å². The van der Waals surface area contributed by atoms with Crippen LogP contribution in [-0.2, 0) is 20.0 Å². The molecule has 1 aromatic heterocycles. The lowest BCUT2D eigenvalue weighted by Crippen LogP contribution is -2.28. The summed E-state index contributed by atoms with van der Waals surface area (Å²) in [4.78, 5) is 4.24. The summed E-state index contributed by atoms with van der Waals surface area (Å²) in [6.07, 6.45) is 4.76. The van der Waals surface area contributed by atoms with E-state index in [1.807, 2.05) is 29.9 Å². The highest BCUT2D eigenvalue weighted by molar-refractivity contribution is 7.80. The molecule has 0 saturated heterocycles. The van der Waals surface area contributed by atoms with Crippen LogP contribution in [0, 0.1) is 0 Å². The van der Waals surface area contributed by atoms with Gasteiger partial charge in [-0.05, 0) is 36.3 Å². The van der Waals surface area contributed by atoms with Crippen LogP contribution >= 0.6 is 12.2 Å². The number of thiocarbonyl (C=S) groups is 1. The number of aromatic nitrogens is 2. The van der Waals surface area contributed by atoms with Crippen LogP contribution in [0.4, 0.5) is 5.69 Å². The number of nitrogens with one attached hydrogen (secondary N) is 2. The van der Waals surface area contributed by atoms with Crippen LogP contribution in [-0.4, -0.2) is 14.7 Å². The lowest BCUT2D eigenvalue weighted by molar-refractivity contribution is 0.884. The van der Waals surface area contributed by atoms with Crippen molar-refractivity contribution in [3.63, 3.8) is 0 Å². The minimum atomic E-state index is 0.610. The molecule has 0 radical (unpaired) electrons. The van der Waals surface area contributed by atoms with E-state index in [9.17, 15) is 0 Å². The summed E-state index contributed by atoms with van der Waals surface area (Å²) in [6, 6.07) is 8.25. The summed E-state index contributed by atoms with van der Waals surface area (Å²) in [7, 11) is 1.95. The van der Waals surface area contributed by atoms with Crippen LogP contribution < -0.4 is 10.6 Å². The molecule has 1 aromatic carbocycles. The first kappa shape index (κ1) is 13.5. The van der Waals surface area contributed by atoms with Crippen LogP contribution in [0.1, 0.15) is 18.2 Å². The standard InChI is InChI=1S/C14H18N4S/c1-3-11-5-4-6-12(7-11)17-14(19)15-8-13-9-18(2)10-16-13/h4-7,9-10H,3,8H2,1-2H3,(H2,15,17,19). The van der Waals surface area contributed by atoms with Crippen molar-refractivity contribution in [2.75, 3.05) is 5.32 Å². The van der Waals surface area contributed by atoms with Gasteiger partial charge in [0.25, 0.3) is 0 Å². The van der Waals surface area contributed by atoms with Gasteiger partial charge in [-0.15, -0.1) is 0 Å². The minimum absolute atomic E-state index is 0.610. The van der Waals surface area contributed by atoms with Crippen molar-refractivity contribution < 1.29 is 0 Å². The Kier molecular flexibility index (Phi) is 4.52. The molecule has 2 rings (SSSR count). The predicted molar refractivity (Wildman–Crippen MR) is 82.1 cm³/mol. The van der Waals surface area contributed by atoms with Crippen molar-refractivity contribution in [3.05, 3.63) is 48.0 Å². The van der Waals surface area contributed by atoms with E-state index in [1.165, 1.54) is 5.56 Å². The molecule has 0 spiro atoms. The van der Waals surface area contributed by atoms with Gasteiger partial charge in [-0.3, -0.25) is 0 Å². The number of imidazole rings is 1. The maximum atomic E-state index is 5.26. The molecule has 4 nitrogen and oxygen atoms in total. The Morgan fingerprint density at radius 3 is 2.95 bits per heavy atom. The molecule has 0 aliphatic rings. The van der Waals surface area contributed by atoms with E-state index < -0.39 is 0 Å². The SMILES string of the molecule is CCc1cccc(NC(=S)NCc2cn(C)cn2)c1. The Bertz CT molecular complexity index is 562. The van der Waals surface area contributed by atoms with E-state index >= 15 is 0 Å². The van der Waals surface area contributed by atoms with Crippen molar-refractivity contribution >= 4 is 23.0 Å². The van der Waals surface area contributed by atoms with E-state index in [2.05, 4.69) is 34.7 Å². The van der Waals surface area contributed by atoms with Gasteiger partial charge in [0, 0.05) is 18.9 Å². The molecule has 5 heteroatoms. The predicted octanol–water partition coefficient (Wildman–Crippen LogP) is 2.47. The average molecular weight is 274 g/mol. The van der Waals surface area contributed by atoms with Crippen LogP contribution in [0.5, 0.6) is 0 Å². The van der Waals surface area contributed by atoms with E-state index in [-0.39, 0.29) is 0 Å². The van der Waals surface area contributed by atoms with E-state index in [1.54, 1.807) is 6.33 Å². The van der Waals surface area contributed by atoms with Gasteiger partial charge in [0.15, 0.2) is 5.11 Å².